The van der Waals surface area contributed by atoms with Crippen molar-refractivity contribution in [3.8, 4) is 10.4 Å². The molecule has 0 unspecified atom stereocenters. The maximum atomic E-state index is 5.87. The zero-order valence-electron chi connectivity index (χ0n) is 7.75. The topological polar surface area (TPSA) is 26.0 Å². The van der Waals surface area contributed by atoms with Crippen molar-refractivity contribution >= 4 is 33.0 Å². The minimum Gasteiger partial charge on any atom is -0.398 e. The second kappa shape index (κ2) is 3.75. The Balaban J connectivity index is 2.63. The van der Waals surface area contributed by atoms with Crippen molar-refractivity contribution < 1.29 is 0 Å². The van der Waals surface area contributed by atoms with Crippen molar-refractivity contribution in [1.29, 1.82) is 0 Å². The molecule has 0 amide bonds. The maximum Gasteiger partial charge on any atom is 0.0488 e. The van der Waals surface area contributed by atoms with Crippen molar-refractivity contribution in [2.24, 2.45) is 0 Å². The lowest BCUT2D eigenvalue weighted by molar-refractivity contribution is 1.47. The first-order valence-corrected chi connectivity index (χ1v) is 5.96. The first-order valence-electron chi connectivity index (χ1n) is 4.28. The van der Waals surface area contributed by atoms with Gasteiger partial charge in [-0.25, -0.2) is 0 Å². The lowest BCUT2D eigenvalue weighted by Crippen LogP contribution is -1.90. The molecule has 1 nitrogen and oxygen atoms in total. The highest BCUT2D eigenvalue weighted by Crippen LogP contribution is 2.36. The van der Waals surface area contributed by atoms with Gasteiger partial charge in [-0.3, -0.25) is 0 Å². The normalized spacial score (nSPS) is 10.4. The predicted molar refractivity (Wildman–Crippen MR) is 66.6 cm³/mol. The van der Waals surface area contributed by atoms with E-state index in [0.717, 1.165) is 15.7 Å². The third-order valence-corrected chi connectivity index (χ3v) is 4.11. The van der Waals surface area contributed by atoms with Crippen LogP contribution in [0.1, 0.15) is 5.56 Å². The number of hydrogen-bond acceptors (Lipinski definition) is 2. The number of nitrogens with two attached hydrogens (primary N) is 1. The summed E-state index contributed by atoms with van der Waals surface area (Å²) in [5, 5.41) is 2.07. The number of hydrogen-bond donors (Lipinski definition) is 1. The second-order valence-electron chi connectivity index (χ2n) is 3.12. The quantitative estimate of drug-likeness (QED) is 0.775. The summed E-state index contributed by atoms with van der Waals surface area (Å²) in [6.45, 7) is 2.05. The fourth-order valence-corrected chi connectivity index (χ4v) is 3.06. The molecular formula is C11H10BrNS. The summed E-state index contributed by atoms with van der Waals surface area (Å²) in [7, 11) is 0. The lowest BCUT2D eigenvalue weighted by Gasteiger charge is -2.06. The molecule has 0 aliphatic rings. The Morgan fingerprint density at radius 1 is 1.29 bits per heavy atom. The summed E-state index contributed by atoms with van der Waals surface area (Å²) >= 11 is 5.25. The second-order valence-corrected chi connectivity index (χ2v) is 4.89. The molecule has 1 heterocycles. The molecule has 1 aromatic heterocycles. The van der Waals surface area contributed by atoms with Crippen LogP contribution in [0.15, 0.2) is 34.1 Å². The van der Waals surface area contributed by atoms with Crippen LogP contribution >= 0.6 is 27.3 Å². The Bertz CT molecular complexity index is 462. The van der Waals surface area contributed by atoms with Crippen LogP contribution in [0.3, 0.4) is 0 Å². The van der Waals surface area contributed by atoms with Crippen molar-refractivity contribution in [1.82, 2.24) is 0 Å². The molecule has 0 saturated heterocycles. The molecule has 0 aliphatic carbocycles. The molecule has 1 aromatic carbocycles. The standard InChI is InChI=1S/C11H10BrNS/c1-7-8(3-2-4-10(7)13)11-9(12)5-6-14-11/h2-6H,13H2,1H3. The zero-order valence-corrected chi connectivity index (χ0v) is 10.2. The van der Waals surface area contributed by atoms with Crippen LogP contribution in [0.4, 0.5) is 5.69 Å². The summed E-state index contributed by atoms with van der Waals surface area (Å²) < 4.78 is 1.14. The van der Waals surface area contributed by atoms with E-state index in [-0.39, 0.29) is 0 Å². The minimum absolute atomic E-state index is 0.850. The summed E-state index contributed by atoms with van der Waals surface area (Å²) in [5.41, 5.74) is 9.08. The zero-order chi connectivity index (χ0) is 10.1. The Kier molecular flexibility index (Phi) is 2.61. The third kappa shape index (κ3) is 1.57. The van der Waals surface area contributed by atoms with E-state index in [9.17, 15) is 0 Å². The van der Waals surface area contributed by atoms with Gasteiger partial charge < -0.3 is 5.73 Å². The van der Waals surface area contributed by atoms with Crippen LogP contribution in [-0.2, 0) is 0 Å². The molecule has 72 valence electrons. The van der Waals surface area contributed by atoms with E-state index < -0.39 is 0 Å². The Hall–Kier alpha value is -0.800. The highest BCUT2D eigenvalue weighted by molar-refractivity contribution is 9.10. The fraction of sp³-hybridized carbons (Fsp3) is 0.0909. The van der Waals surface area contributed by atoms with Crippen molar-refractivity contribution in [3.63, 3.8) is 0 Å². The lowest BCUT2D eigenvalue weighted by atomic mass is 10.1. The van der Waals surface area contributed by atoms with Gasteiger partial charge in [-0.15, -0.1) is 11.3 Å². The van der Waals surface area contributed by atoms with Crippen LogP contribution < -0.4 is 5.73 Å². The van der Waals surface area contributed by atoms with Gasteiger partial charge in [0, 0.05) is 15.0 Å². The predicted octanol–water partition coefficient (Wildman–Crippen LogP) is 4.07. The highest BCUT2D eigenvalue weighted by atomic mass is 79.9. The smallest absolute Gasteiger partial charge is 0.0488 e. The van der Waals surface area contributed by atoms with E-state index >= 15 is 0 Å². The highest BCUT2D eigenvalue weighted by Gasteiger charge is 2.08. The molecule has 2 aromatic rings. The van der Waals surface area contributed by atoms with Gasteiger partial charge in [0.05, 0.1) is 0 Å². The molecule has 3 heteroatoms. The first-order chi connectivity index (χ1) is 6.70. The van der Waals surface area contributed by atoms with Crippen LogP contribution in [-0.4, -0.2) is 0 Å². The first kappa shape index (κ1) is 9.74. The molecule has 2 N–H and O–H groups in total. The largest absolute Gasteiger partial charge is 0.398 e. The number of anilines is 1. The molecule has 0 bridgehead atoms. The summed E-state index contributed by atoms with van der Waals surface area (Å²) in [4.78, 5) is 1.25. The van der Waals surface area contributed by atoms with E-state index in [1.54, 1.807) is 11.3 Å². The summed E-state index contributed by atoms with van der Waals surface area (Å²) in [6.07, 6.45) is 0. The van der Waals surface area contributed by atoms with Gasteiger partial charge in [0.25, 0.3) is 0 Å². The minimum atomic E-state index is 0.850. The molecule has 14 heavy (non-hydrogen) atoms. The molecule has 0 fully saturated rings. The van der Waals surface area contributed by atoms with E-state index in [2.05, 4.69) is 40.4 Å². The summed E-state index contributed by atoms with van der Waals surface area (Å²) in [6, 6.07) is 8.08. The SMILES string of the molecule is Cc1c(N)cccc1-c1sccc1Br. The Labute approximate surface area is 95.7 Å². The molecule has 0 saturated carbocycles. The van der Waals surface area contributed by atoms with Crippen molar-refractivity contribution in [2.75, 3.05) is 5.73 Å². The maximum absolute atomic E-state index is 5.87. The van der Waals surface area contributed by atoms with Crippen molar-refractivity contribution in [2.45, 2.75) is 6.92 Å². The van der Waals surface area contributed by atoms with Crippen LogP contribution in [0, 0.1) is 6.92 Å². The number of halogens is 1. The van der Waals surface area contributed by atoms with E-state index in [1.165, 1.54) is 10.4 Å². The van der Waals surface area contributed by atoms with Crippen molar-refractivity contribution in [3.05, 3.63) is 39.7 Å². The van der Waals surface area contributed by atoms with Gasteiger partial charge in [-0.05, 0) is 51.5 Å². The number of thiophene rings is 1. The molecule has 0 atom stereocenters. The number of nitrogen functional groups attached to an aromatic ring is 1. The fourth-order valence-electron chi connectivity index (χ4n) is 1.39. The number of rotatable bonds is 1. The molecule has 0 spiro atoms. The molecular weight excluding hydrogens is 258 g/mol. The van der Waals surface area contributed by atoms with E-state index in [0.29, 0.717) is 0 Å². The summed E-state index contributed by atoms with van der Waals surface area (Å²) in [5.74, 6) is 0. The van der Waals surface area contributed by atoms with Gasteiger partial charge in [0.1, 0.15) is 0 Å². The molecule has 0 radical (unpaired) electrons. The Morgan fingerprint density at radius 3 is 2.71 bits per heavy atom. The molecule has 0 aliphatic heterocycles. The Morgan fingerprint density at radius 2 is 2.07 bits per heavy atom. The van der Waals surface area contributed by atoms with Gasteiger partial charge in [0.15, 0.2) is 0 Å². The van der Waals surface area contributed by atoms with Crippen LogP contribution in [0.5, 0.6) is 0 Å². The van der Waals surface area contributed by atoms with Gasteiger partial charge >= 0.3 is 0 Å². The van der Waals surface area contributed by atoms with Crippen LogP contribution in [0.25, 0.3) is 10.4 Å². The molecule has 2 rings (SSSR count). The van der Waals surface area contributed by atoms with Gasteiger partial charge in [-0.1, -0.05) is 12.1 Å². The average Bonchev–Trinajstić information content (AvgIpc) is 2.57. The van der Waals surface area contributed by atoms with Gasteiger partial charge in [0.2, 0.25) is 0 Å². The van der Waals surface area contributed by atoms with E-state index in [1.807, 2.05) is 12.1 Å². The van der Waals surface area contributed by atoms with Crippen LogP contribution in [0.2, 0.25) is 0 Å². The third-order valence-electron chi connectivity index (χ3n) is 2.24. The van der Waals surface area contributed by atoms with Gasteiger partial charge in [-0.2, -0.15) is 0 Å². The monoisotopic (exact) mass is 267 g/mol. The number of benzene rings is 1. The average molecular weight is 268 g/mol. The van der Waals surface area contributed by atoms with E-state index in [4.69, 9.17) is 5.73 Å².